The molecule has 0 saturated carbocycles. The molecule has 0 aliphatic rings. The molecule has 0 spiro atoms. The van der Waals surface area contributed by atoms with Crippen LogP contribution in [0.4, 0.5) is 0 Å². The third-order valence-corrected chi connectivity index (χ3v) is 3.40. The highest BCUT2D eigenvalue weighted by Gasteiger charge is 2.16. The van der Waals surface area contributed by atoms with Gasteiger partial charge in [-0.2, -0.15) is 0 Å². The quantitative estimate of drug-likeness (QED) is 0.878. The summed E-state index contributed by atoms with van der Waals surface area (Å²) in [5, 5.41) is 13.0. The van der Waals surface area contributed by atoms with Gasteiger partial charge in [-0.05, 0) is 43.9 Å². The van der Waals surface area contributed by atoms with Gasteiger partial charge >= 0.3 is 0 Å². The zero-order valence-electron chi connectivity index (χ0n) is 13.1. The van der Waals surface area contributed by atoms with E-state index in [-0.39, 0.29) is 18.2 Å². The molecule has 0 aliphatic heterocycles. The molecule has 0 aromatic heterocycles. The maximum Gasteiger partial charge on any atom is 0.0588 e. The Kier molecular flexibility index (Phi) is 5.16. The van der Waals surface area contributed by atoms with Crippen molar-refractivity contribution in [1.82, 2.24) is 5.32 Å². The number of benzene rings is 2. The molecule has 0 amide bonds. The molecule has 0 fully saturated rings. The SMILES string of the molecule is CC(C)(C)NC(CO)Cc1ccc(-c2ccccc2)cc1. The van der Waals surface area contributed by atoms with Crippen molar-refractivity contribution < 1.29 is 5.11 Å². The highest BCUT2D eigenvalue weighted by molar-refractivity contribution is 5.63. The minimum absolute atomic E-state index is 0.0113. The summed E-state index contributed by atoms with van der Waals surface area (Å²) in [7, 11) is 0. The molecular formula is C19H25NO. The van der Waals surface area contributed by atoms with Crippen LogP contribution in [-0.4, -0.2) is 23.3 Å². The van der Waals surface area contributed by atoms with Crippen molar-refractivity contribution in [3.8, 4) is 11.1 Å². The Morgan fingerprint density at radius 2 is 1.48 bits per heavy atom. The van der Waals surface area contributed by atoms with Crippen LogP contribution < -0.4 is 5.32 Å². The fourth-order valence-corrected chi connectivity index (χ4v) is 2.52. The molecule has 2 aromatic rings. The first-order valence-corrected chi connectivity index (χ1v) is 7.51. The summed E-state index contributed by atoms with van der Waals surface area (Å²) in [6, 6.07) is 19.1. The van der Waals surface area contributed by atoms with Crippen LogP contribution in [0, 0.1) is 0 Å². The minimum atomic E-state index is 0.0113. The van der Waals surface area contributed by atoms with Gasteiger partial charge in [0.1, 0.15) is 0 Å². The number of rotatable bonds is 5. The molecule has 2 N–H and O–H groups in total. The van der Waals surface area contributed by atoms with Gasteiger partial charge in [-0.1, -0.05) is 54.6 Å². The van der Waals surface area contributed by atoms with Crippen molar-refractivity contribution in [3.05, 3.63) is 60.2 Å². The lowest BCUT2D eigenvalue weighted by atomic mass is 9.99. The molecule has 112 valence electrons. The second kappa shape index (κ2) is 6.88. The van der Waals surface area contributed by atoms with E-state index in [4.69, 9.17) is 0 Å². The van der Waals surface area contributed by atoms with Crippen LogP contribution in [0.1, 0.15) is 26.3 Å². The van der Waals surface area contributed by atoms with Crippen LogP contribution in [0.3, 0.4) is 0 Å². The largest absolute Gasteiger partial charge is 0.395 e. The monoisotopic (exact) mass is 283 g/mol. The van der Waals surface area contributed by atoms with Crippen LogP contribution in [0.15, 0.2) is 54.6 Å². The van der Waals surface area contributed by atoms with E-state index in [2.05, 4.69) is 74.6 Å². The summed E-state index contributed by atoms with van der Waals surface area (Å²) >= 11 is 0. The van der Waals surface area contributed by atoms with E-state index in [0.717, 1.165) is 6.42 Å². The molecule has 0 saturated heterocycles. The van der Waals surface area contributed by atoms with Crippen LogP contribution in [0.2, 0.25) is 0 Å². The average Bonchev–Trinajstić information content (AvgIpc) is 2.47. The predicted octanol–water partition coefficient (Wildman–Crippen LogP) is 3.65. The van der Waals surface area contributed by atoms with Gasteiger partial charge in [0.15, 0.2) is 0 Å². The van der Waals surface area contributed by atoms with Crippen molar-refractivity contribution in [3.63, 3.8) is 0 Å². The first-order chi connectivity index (χ1) is 9.98. The van der Waals surface area contributed by atoms with E-state index in [1.54, 1.807) is 0 Å². The summed E-state index contributed by atoms with van der Waals surface area (Å²) in [6.07, 6.45) is 0.836. The van der Waals surface area contributed by atoms with Crippen LogP contribution >= 0.6 is 0 Å². The molecule has 1 unspecified atom stereocenters. The fraction of sp³-hybridized carbons (Fsp3) is 0.368. The summed E-state index contributed by atoms with van der Waals surface area (Å²) < 4.78 is 0. The third-order valence-electron chi connectivity index (χ3n) is 3.40. The standard InChI is InChI=1S/C19H25NO/c1-19(2,3)20-18(14-21)13-15-9-11-17(12-10-15)16-7-5-4-6-8-16/h4-12,18,20-21H,13-14H2,1-3H3. The minimum Gasteiger partial charge on any atom is -0.395 e. The van der Waals surface area contributed by atoms with Gasteiger partial charge in [-0.3, -0.25) is 0 Å². The number of hydrogen-bond donors (Lipinski definition) is 2. The molecule has 0 radical (unpaired) electrons. The third kappa shape index (κ3) is 5.00. The maximum absolute atomic E-state index is 9.52. The number of aliphatic hydroxyl groups is 1. The molecule has 21 heavy (non-hydrogen) atoms. The lowest BCUT2D eigenvalue weighted by Gasteiger charge is -2.27. The van der Waals surface area contributed by atoms with Gasteiger partial charge in [0, 0.05) is 11.6 Å². The molecule has 2 aromatic carbocycles. The van der Waals surface area contributed by atoms with Crippen molar-refractivity contribution in [1.29, 1.82) is 0 Å². The Hall–Kier alpha value is -1.64. The lowest BCUT2D eigenvalue weighted by Crippen LogP contribution is -2.46. The molecule has 0 aliphatic carbocycles. The highest BCUT2D eigenvalue weighted by atomic mass is 16.3. The van der Waals surface area contributed by atoms with Crippen molar-refractivity contribution in [2.45, 2.75) is 38.8 Å². The summed E-state index contributed by atoms with van der Waals surface area (Å²) in [5.74, 6) is 0. The molecule has 2 heteroatoms. The first kappa shape index (κ1) is 15.7. The average molecular weight is 283 g/mol. The van der Waals surface area contributed by atoms with Crippen LogP contribution in [-0.2, 0) is 6.42 Å². The topological polar surface area (TPSA) is 32.3 Å². The van der Waals surface area contributed by atoms with Gasteiger partial charge in [0.2, 0.25) is 0 Å². The molecule has 1 atom stereocenters. The van der Waals surface area contributed by atoms with Gasteiger partial charge in [-0.25, -0.2) is 0 Å². The summed E-state index contributed by atoms with van der Waals surface area (Å²) in [6.45, 7) is 6.51. The van der Waals surface area contributed by atoms with E-state index >= 15 is 0 Å². The zero-order valence-corrected chi connectivity index (χ0v) is 13.1. The summed E-state index contributed by atoms with van der Waals surface area (Å²) in [4.78, 5) is 0. The van der Waals surface area contributed by atoms with Crippen LogP contribution in [0.5, 0.6) is 0 Å². The molecule has 2 nitrogen and oxygen atoms in total. The zero-order chi connectivity index (χ0) is 15.3. The van der Waals surface area contributed by atoms with Gasteiger partial charge in [-0.15, -0.1) is 0 Å². The molecule has 0 bridgehead atoms. The van der Waals surface area contributed by atoms with E-state index in [1.165, 1.54) is 16.7 Å². The Labute approximate surface area is 127 Å². The molecular weight excluding hydrogens is 258 g/mol. The maximum atomic E-state index is 9.52. The second-order valence-corrected chi connectivity index (χ2v) is 6.54. The first-order valence-electron chi connectivity index (χ1n) is 7.51. The number of aliphatic hydroxyl groups excluding tert-OH is 1. The predicted molar refractivity (Wildman–Crippen MR) is 89.3 cm³/mol. The summed E-state index contributed by atoms with van der Waals surface area (Å²) in [5.41, 5.74) is 3.71. The van der Waals surface area contributed by atoms with Gasteiger partial charge < -0.3 is 10.4 Å². The Bertz CT molecular complexity index is 540. The molecule has 0 heterocycles. The van der Waals surface area contributed by atoms with Crippen LogP contribution in [0.25, 0.3) is 11.1 Å². The van der Waals surface area contributed by atoms with Crippen molar-refractivity contribution in [2.24, 2.45) is 0 Å². The van der Waals surface area contributed by atoms with E-state index in [1.807, 2.05) is 6.07 Å². The normalized spacial score (nSPS) is 13.1. The Morgan fingerprint density at radius 1 is 0.905 bits per heavy atom. The van der Waals surface area contributed by atoms with E-state index in [0.29, 0.717) is 0 Å². The lowest BCUT2D eigenvalue weighted by molar-refractivity contribution is 0.215. The highest BCUT2D eigenvalue weighted by Crippen LogP contribution is 2.19. The smallest absolute Gasteiger partial charge is 0.0588 e. The Morgan fingerprint density at radius 3 is 2.00 bits per heavy atom. The number of nitrogens with one attached hydrogen (secondary N) is 1. The van der Waals surface area contributed by atoms with Crippen molar-refractivity contribution in [2.75, 3.05) is 6.61 Å². The van der Waals surface area contributed by atoms with Crippen molar-refractivity contribution >= 4 is 0 Å². The van der Waals surface area contributed by atoms with Gasteiger partial charge in [0.25, 0.3) is 0 Å². The van der Waals surface area contributed by atoms with Gasteiger partial charge in [0.05, 0.1) is 6.61 Å². The molecule has 2 rings (SSSR count). The van der Waals surface area contributed by atoms with E-state index in [9.17, 15) is 5.11 Å². The second-order valence-electron chi connectivity index (χ2n) is 6.54. The van der Waals surface area contributed by atoms with E-state index < -0.39 is 0 Å². The number of hydrogen-bond acceptors (Lipinski definition) is 2. The Balaban J connectivity index is 2.05. The fourth-order valence-electron chi connectivity index (χ4n) is 2.52.